The van der Waals surface area contributed by atoms with Gasteiger partial charge in [0, 0.05) is 13.7 Å². The molecular formula is C21H30N4O6S. The summed E-state index contributed by atoms with van der Waals surface area (Å²) in [5.41, 5.74) is 1.63. The molecule has 1 N–H and O–H groups in total. The molecule has 2 aromatic rings. The third-order valence-corrected chi connectivity index (χ3v) is 6.25. The summed E-state index contributed by atoms with van der Waals surface area (Å²) in [5.74, 6) is 0. The molecule has 1 atom stereocenters. The van der Waals surface area contributed by atoms with Crippen LogP contribution < -0.4 is 16.7 Å². The maximum atomic E-state index is 13.2. The van der Waals surface area contributed by atoms with Crippen LogP contribution in [0.15, 0.2) is 14.7 Å². The van der Waals surface area contributed by atoms with Crippen LogP contribution in [-0.2, 0) is 27.3 Å². The Balaban J connectivity index is 2.01. The van der Waals surface area contributed by atoms with E-state index in [0.717, 1.165) is 12.8 Å². The van der Waals surface area contributed by atoms with Gasteiger partial charge in [-0.25, -0.2) is 15.0 Å². The first-order chi connectivity index (χ1) is 15.1. The second-order valence-corrected chi connectivity index (χ2v) is 9.65. The molecule has 0 aromatic carbocycles. The molecule has 1 amide bonds. The summed E-state index contributed by atoms with van der Waals surface area (Å²) < 4.78 is 18.8. The number of amides is 1. The summed E-state index contributed by atoms with van der Waals surface area (Å²) in [7, 11) is 1.52. The Kier molecular flexibility index (Phi) is 7.52. The van der Waals surface area contributed by atoms with Crippen LogP contribution in [0.1, 0.15) is 44.1 Å². The Hall–Kier alpha value is -2.50. The molecule has 0 radical (unpaired) electrons. The molecule has 1 aliphatic rings. The van der Waals surface area contributed by atoms with Gasteiger partial charge in [0.25, 0.3) is 5.56 Å². The van der Waals surface area contributed by atoms with Crippen molar-refractivity contribution in [2.75, 3.05) is 20.3 Å². The Bertz CT molecular complexity index is 1120. The molecule has 3 rings (SSSR count). The van der Waals surface area contributed by atoms with Crippen molar-refractivity contribution in [1.29, 1.82) is 0 Å². The predicted octanol–water partition coefficient (Wildman–Crippen LogP) is 2.22. The van der Waals surface area contributed by atoms with Gasteiger partial charge in [0.2, 0.25) is 0 Å². The molecule has 0 spiro atoms. The summed E-state index contributed by atoms with van der Waals surface area (Å²) in [5, 5.41) is 4.42. The standard InChI is InChI=1S/C21H30N4O6S/c1-13-15(11-22-23-19(27)31-21(2,3)4)32-18-16(13)17(26)24(8-10-29-5)20(28)25(18)12-14-7-6-9-30-14/h11,14H,6-10,12H2,1-5H3,(H,23,27)/b22-11+. The van der Waals surface area contributed by atoms with Gasteiger partial charge in [-0.3, -0.25) is 13.9 Å². The average Bonchev–Trinajstić information content (AvgIpc) is 3.32. The van der Waals surface area contributed by atoms with Gasteiger partial charge in [0.1, 0.15) is 10.4 Å². The highest BCUT2D eigenvalue weighted by Gasteiger charge is 2.23. The van der Waals surface area contributed by atoms with Gasteiger partial charge in [0.05, 0.1) is 42.3 Å². The molecule has 32 heavy (non-hydrogen) atoms. The topological polar surface area (TPSA) is 113 Å². The minimum absolute atomic E-state index is 0.0716. The van der Waals surface area contributed by atoms with Crippen molar-refractivity contribution in [2.45, 2.75) is 65.3 Å². The van der Waals surface area contributed by atoms with E-state index >= 15 is 0 Å². The molecule has 176 valence electrons. The molecule has 0 saturated carbocycles. The van der Waals surface area contributed by atoms with Crippen molar-refractivity contribution in [1.82, 2.24) is 14.6 Å². The predicted molar refractivity (Wildman–Crippen MR) is 123 cm³/mol. The van der Waals surface area contributed by atoms with Gasteiger partial charge in [-0.2, -0.15) is 5.10 Å². The summed E-state index contributed by atoms with van der Waals surface area (Å²) in [6, 6.07) is 0. The number of nitrogens with one attached hydrogen (secondary N) is 1. The highest BCUT2D eigenvalue weighted by molar-refractivity contribution is 7.20. The minimum atomic E-state index is -0.676. The Morgan fingerprint density at radius 2 is 2.09 bits per heavy atom. The number of nitrogens with zero attached hydrogens (tertiary/aromatic N) is 3. The highest BCUT2D eigenvalue weighted by Crippen LogP contribution is 2.27. The van der Waals surface area contributed by atoms with Crippen LogP contribution in [0.4, 0.5) is 4.79 Å². The van der Waals surface area contributed by atoms with E-state index in [9.17, 15) is 14.4 Å². The summed E-state index contributed by atoms with van der Waals surface area (Å²) >= 11 is 1.28. The van der Waals surface area contributed by atoms with Crippen LogP contribution in [0.5, 0.6) is 0 Å². The molecule has 3 heterocycles. The van der Waals surface area contributed by atoms with E-state index < -0.39 is 11.7 Å². The largest absolute Gasteiger partial charge is 0.443 e. The average molecular weight is 467 g/mol. The van der Waals surface area contributed by atoms with Crippen molar-refractivity contribution in [3.63, 3.8) is 0 Å². The van der Waals surface area contributed by atoms with Gasteiger partial charge < -0.3 is 14.2 Å². The number of hydrogen-bond donors (Lipinski definition) is 1. The van der Waals surface area contributed by atoms with Crippen molar-refractivity contribution < 1.29 is 19.0 Å². The van der Waals surface area contributed by atoms with Crippen LogP contribution in [0.3, 0.4) is 0 Å². The smallest absolute Gasteiger partial charge is 0.428 e. The number of hydrogen-bond acceptors (Lipinski definition) is 8. The van der Waals surface area contributed by atoms with Crippen LogP contribution in [-0.4, -0.2) is 53.5 Å². The van der Waals surface area contributed by atoms with E-state index in [2.05, 4.69) is 10.5 Å². The number of thiophene rings is 1. The fourth-order valence-electron chi connectivity index (χ4n) is 3.51. The third kappa shape index (κ3) is 5.45. The first-order valence-electron chi connectivity index (χ1n) is 10.5. The number of fused-ring (bicyclic) bond motifs is 1. The monoisotopic (exact) mass is 466 g/mol. The van der Waals surface area contributed by atoms with Crippen molar-refractivity contribution in [2.24, 2.45) is 5.10 Å². The fraction of sp³-hybridized carbons (Fsp3) is 0.619. The zero-order chi connectivity index (χ0) is 23.5. The number of carbonyl (C=O) groups excluding carboxylic acids is 1. The molecule has 2 aromatic heterocycles. The van der Waals surface area contributed by atoms with Crippen LogP contribution >= 0.6 is 11.3 Å². The van der Waals surface area contributed by atoms with E-state index in [0.29, 0.717) is 33.8 Å². The van der Waals surface area contributed by atoms with E-state index in [1.807, 2.05) is 0 Å². The maximum absolute atomic E-state index is 13.2. The van der Waals surface area contributed by atoms with Gasteiger partial charge in [-0.15, -0.1) is 11.3 Å². The quantitative estimate of drug-likeness (QED) is 0.495. The summed E-state index contributed by atoms with van der Waals surface area (Å²) in [6.07, 6.45) is 2.53. The number of aryl methyl sites for hydroxylation is 1. The zero-order valence-corrected chi connectivity index (χ0v) is 19.9. The van der Waals surface area contributed by atoms with Crippen LogP contribution in [0.2, 0.25) is 0 Å². The lowest BCUT2D eigenvalue weighted by Gasteiger charge is -2.18. The molecule has 1 unspecified atom stereocenters. The lowest BCUT2D eigenvalue weighted by molar-refractivity contribution is 0.0529. The van der Waals surface area contributed by atoms with Crippen molar-refractivity contribution in [3.05, 3.63) is 31.3 Å². The zero-order valence-electron chi connectivity index (χ0n) is 19.1. The molecular weight excluding hydrogens is 436 g/mol. The number of aromatic nitrogens is 2. The summed E-state index contributed by atoms with van der Waals surface area (Å²) in [6.45, 7) is 8.53. The number of ether oxygens (including phenoxy) is 3. The van der Waals surface area contributed by atoms with E-state index in [4.69, 9.17) is 14.2 Å². The molecule has 10 nitrogen and oxygen atoms in total. The highest BCUT2D eigenvalue weighted by atomic mass is 32.1. The molecule has 11 heteroatoms. The fourth-order valence-corrected chi connectivity index (χ4v) is 4.69. The summed E-state index contributed by atoms with van der Waals surface area (Å²) in [4.78, 5) is 39.4. The molecule has 1 aliphatic heterocycles. The van der Waals surface area contributed by atoms with Gasteiger partial charge in [-0.05, 0) is 46.1 Å². The first-order valence-corrected chi connectivity index (χ1v) is 11.3. The molecule has 0 aliphatic carbocycles. The van der Waals surface area contributed by atoms with E-state index in [1.54, 1.807) is 32.3 Å². The normalized spacial score (nSPS) is 16.8. The first kappa shape index (κ1) is 24.1. The lowest BCUT2D eigenvalue weighted by atomic mass is 10.2. The van der Waals surface area contributed by atoms with Crippen molar-refractivity contribution in [3.8, 4) is 0 Å². The number of carbonyl (C=O) groups is 1. The Labute approximate surface area is 189 Å². The number of rotatable bonds is 7. The Morgan fingerprint density at radius 1 is 1.34 bits per heavy atom. The van der Waals surface area contributed by atoms with E-state index in [-0.39, 0.29) is 30.5 Å². The van der Waals surface area contributed by atoms with Gasteiger partial charge >= 0.3 is 11.8 Å². The molecule has 0 bridgehead atoms. The third-order valence-electron chi connectivity index (χ3n) is 5.00. The lowest BCUT2D eigenvalue weighted by Crippen LogP contribution is -2.42. The van der Waals surface area contributed by atoms with Gasteiger partial charge in [0.15, 0.2) is 0 Å². The van der Waals surface area contributed by atoms with Gasteiger partial charge in [-0.1, -0.05) is 0 Å². The molecule has 1 fully saturated rings. The molecule has 1 saturated heterocycles. The number of hydrazone groups is 1. The maximum Gasteiger partial charge on any atom is 0.428 e. The number of methoxy groups -OCH3 is 1. The minimum Gasteiger partial charge on any atom is -0.443 e. The second-order valence-electron chi connectivity index (χ2n) is 8.62. The second kappa shape index (κ2) is 9.97. The van der Waals surface area contributed by atoms with Crippen molar-refractivity contribution >= 4 is 33.9 Å². The van der Waals surface area contributed by atoms with Crippen LogP contribution in [0, 0.1) is 6.92 Å². The van der Waals surface area contributed by atoms with Crippen LogP contribution in [0.25, 0.3) is 10.2 Å². The SMILES string of the molecule is COCCn1c(=O)c2c(C)c(/C=N/NC(=O)OC(C)(C)C)sc2n(CC2CCCO2)c1=O. The Morgan fingerprint density at radius 3 is 2.72 bits per heavy atom. The van der Waals surface area contributed by atoms with E-state index in [1.165, 1.54) is 29.2 Å².